The largest absolute Gasteiger partial charge is 0.462 e. The van der Waals surface area contributed by atoms with Gasteiger partial charge in [0.1, 0.15) is 36.8 Å². The van der Waals surface area contributed by atoms with Gasteiger partial charge in [-0.25, -0.2) is 4.89 Å². The van der Waals surface area contributed by atoms with Crippen LogP contribution in [-0.4, -0.2) is 81.0 Å². The lowest BCUT2D eigenvalue weighted by Gasteiger charge is -2.70. The van der Waals surface area contributed by atoms with Crippen LogP contribution in [0.4, 0.5) is 13.2 Å². The molecule has 2 saturated heterocycles. The molecule has 1 aromatic rings. The second-order valence-corrected chi connectivity index (χ2v) is 12.6. The first kappa shape index (κ1) is 27.9. The van der Waals surface area contributed by atoms with Crippen molar-refractivity contribution in [1.82, 2.24) is 0 Å². The average Bonchev–Trinajstić information content (AvgIpc) is 2.84. The molecule has 2 heterocycles. The molecule has 1 spiro atoms. The summed E-state index contributed by atoms with van der Waals surface area (Å²) in [4.78, 5) is 11.0. The van der Waals surface area contributed by atoms with Gasteiger partial charge >= 0.3 is 6.18 Å². The summed E-state index contributed by atoms with van der Waals surface area (Å²) in [6.45, 7) is -0.526. The normalized spacial score (nSPS) is 46.9. The minimum Gasteiger partial charge on any atom is -0.462 e. The van der Waals surface area contributed by atoms with Crippen molar-refractivity contribution in [3.05, 3.63) is 29.3 Å². The van der Waals surface area contributed by atoms with Gasteiger partial charge < -0.3 is 34.6 Å². The Bertz CT molecular complexity index is 1090. The zero-order valence-corrected chi connectivity index (χ0v) is 21.9. The van der Waals surface area contributed by atoms with Crippen molar-refractivity contribution in [2.24, 2.45) is 17.8 Å². The molecule has 6 fully saturated rings. The lowest BCUT2D eigenvalue weighted by Crippen LogP contribution is -2.78. The third-order valence-electron chi connectivity index (χ3n) is 9.24. The second-order valence-electron chi connectivity index (χ2n) is 11.8. The highest BCUT2D eigenvalue weighted by molar-refractivity contribution is 6.24. The first-order valence-electron chi connectivity index (χ1n) is 13.2. The minimum absolute atomic E-state index is 0.120. The van der Waals surface area contributed by atoms with Gasteiger partial charge in [0.05, 0.1) is 6.61 Å². The van der Waals surface area contributed by atoms with Crippen LogP contribution in [0.25, 0.3) is 0 Å². The molecular formula is C26H32ClF3O9. The molecule has 0 aromatic heterocycles. The molecule has 4 N–H and O–H groups in total. The van der Waals surface area contributed by atoms with E-state index in [1.807, 2.05) is 0 Å². The number of hydrogen-bond acceptors (Lipinski definition) is 9. The molecule has 39 heavy (non-hydrogen) atoms. The summed E-state index contributed by atoms with van der Waals surface area (Å²) < 4.78 is 57.5. The van der Waals surface area contributed by atoms with Gasteiger partial charge in [0.15, 0.2) is 5.60 Å². The third-order valence-corrected chi connectivity index (χ3v) is 9.70. The maximum atomic E-state index is 13.5. The number of benzene rings is 1. The topological polar surface area (TPSA) is 127 Å². The highest BCUT2D eigenvalue weighted by atomic mass is 35.5. The Balaban J connectivity index is 1.36. The van der Waals surface area contributed by atoms with E-state index in [-0.39, 0.29) is 23.1 Å². The summed E-state index contributed by atoms with van der Waals surface area (Å²) in [6.07, 6.45) is -8.70. The van der Waals surface area contributed by atoms with Crippen molar-refractivity contribution in [1.29, 1.82) is 0 Å². The van der Waals surface area contributed by atoms with E-state index in [0.717, 1.165) is 19.3 Å². The van der Waals surface area contributed by atoms with Gasteiger partial charge in [0.2, 0.25) is 6.29 Å². The Labute approximate surface area is 227 Å². The van der Waals surface area contributed by atoms with Crippen molar-refractivity contribution in [2.45, 2.75) is 92.2 Å². The predicted molar refractivity (Wildman–Crippen MR) is 126 cm³/mol. The average molecular weight is 581 g/mol. The Kier molecular flexibility index (Phi) is 6.73. The van der Waals surface area contributed by atoms with E-state index in [9.17, 15) is 33.6 Å². The van der Waals surface area contributed by atoms with Gasteiger partial charge in [0.25, 0.3) is 5.79 Å². The van der Waals surface area contributed by atoms with Gasteiger partial charge in [-0.2, -0.15) is 18.1 Å². The van der Waals surface area contributed by atoms with E-state index in [0.29, 0.717) is 24.3 Å². The van der Waals surface area contributed by atoms with E-state index in [4.69, 9.17) is 35.6 Å². The summed E-state index contributed by atoms with van der Waals surface area (Å²) in [7, 11) is 0. The number of hydrogen-bond donors (Lipinski definition) is 4. The van der Waals surface area contributed by atoms with Crippen LogP contribution in [0.15, 0.2) is 18.2 Å². The van der Waals surface area contributed by atoms with Crippen molar-refractivity contribution >= 4 is 11.6 Å². The predicted octanol–water partition coefficient (Wildman–Crippen LogP) is 2.42. The molecule has 4 saturated carbocycles. The van der Waals surface area contributed by atoms with Crippen LogP contribution < -0.4 is 4.74 Å². The van der Waals surface area contributed by atoms with Crippen LogP contribution in [-0.2, 0) is 25.0 Å². The first-order valence-corrected chi connectivity index (χ1v) is 13.5. The molecular weight excluding hydrogens is 549 g/mol. The molecule has 4 bridgehead atoms. The van der Waals surface area contributed by atoms with Crippen LogP contribution >= 0.6 is 11.6 Å². The van der Waals surface area contributed by atoms with Crippen molar-refractivity contribution < 1.29 is 57.6 Å². The molecule has 9 nitrogen and oxygen atoms in total. The van der Waals surface area contributed by atoms with Crippen molar-refractivity contribution in [3.63, 3.8) is 0 Å². The van der Waals surface area contributed by atoms with Gasteiger partial charge in [-0.05, 0) is 68.4 Å². The first-order chi connectivity index (χ1) is 18.3. The van der Waals surface area contributed by atoms with E-state index < -0.39 is 66.4 Å². The molecule has 218 valence electrons. The molecule has 7 rings (SSSR count). The zero-order valence-electron chi connectivity index (χ0n) is 21.1. The Morgan fingerprint density at radius 1 is 1.03 bits per heavy atom. The highest BCUT2D eigenvalue weighted by Gasteiger charge is 2.78. The van der Waals surface area contributed by atoms with Gasteiger partial charge in [-0.1, -0.05) is 12.1 Å². The lowest BCUT2D eigenvalue weighted by molar-refractivity contribution is -0.650. The smallest absolute Gasteiger partial charge is 0.411 e. The standard InChI is InChI=1S/C26H32ClF3O9/c1-12-2-3-14(6-17(12)36-22-21(34)20(33)19(32)18(10-31)37-22)26(35-11-24(28,29)30)25(38-39-26)15-4-13-5-16(25)9-23(27,7-13)8-15/h2-3,6,13,15-16,18-22,31-34H,4-5,7-11H2,1H3. The summed E-state index contributed by atoms with van der Waals surface area (Å²) in [5.74, 6) is -1.77. The van der Waals surface area contributed by atoms with Crippen LogP contribution in [0.2, 0.25) is 0 Å². The zero-order chi connectivity index (χ0) is 28.0. The lowest BCUT2D eigenvalue weighted by atomic mass is 9.46. The minimum atomic E-state index is -4.63. The molecule has 2 aliphatic heterocycles. The summed E-state index contributed by atoms with van der Waals surface area (Å²) in [5.41, 5.74) is -0.400. The SMILES string of the molecule is Cc1ccc(C2(OCC(F)(F)F)OOC23C2CC4CC3CC(Cl)(C4)C2)cc1OC1OC(CO)C(O)C(O)C1O. The van der Waals surface area contributed by atoms with Gasteiger partial charge in [0, 0.05) is 10.4 Å². The van der Waals surface area contributed by atoms with E-state index in [1.165, 1.54) is 6.07 Å². The van der Waals surface area contributed by atoms with Gasteiger partial charge in [-0.15, -0.1) is 11.6 Å². The molecule has 13 heteroatoms. The molecule has 4 aliphatic carbocycles. The second kappa shape index (κ2) is 9.40. The number of aryl methyl sites for hydroxylation is 1. The summed E-state index contributed by atoms with van der Waals surface area (Å²) >= 11 is 6.91. The van der Waals surface area contributed by atoms with Crippen molar-refractivity contribution in [2.75, 3.05) is 13.2 Å². The number of aliphatic hydroxyl groups excluding tert-OH is 4. The van der Waals surface area contributed by atoms with E-state index in [1.54, 1.807) is 19.1 Å². The number of ether oxygens (including phenoxy) is 3. The molecule has 8 unspecified atom stereocenters. The number of halogens is 4. The van der Waals surface area contributed by atoms with Crippen LogP contribution in [0.3, 0.4) is 0 Å². The monoisotopic (exact) mass is 580 g/mol. The van der Waals surface area contributed by atoms with E-state index >= 15 is 0 Å². The quantitative estimate of drug-likeness (QED) is 0.296. The van der Waals surface area contributed by atoms with Gasteiger partial charge in [-0.3, -0.25) is 0 Å². The fourth-order valence-electron chi connectivity index (χ4n) is 7.66. The van der Waals surface area contributed by atoms with Crippen LogP contribution in [0, 0.1) is 24.7 Å². The van der Waals surface area contributed by atoms with E-state index in [2.05, 4.69) is 0 Å². The molecule has 6 aliphatic rings. The summed E-state index contributed by atoms with van der Waals surface area (Å²) in [6, 6.07) is 4.67. The Morgan fingerprint density at radius 2 is 1.72 bits per heavy atom. The van der Waals surface area contributed by atoms with Crippen molar-refractivity contribution in [3.8, 4) is 5.75 Å². The Hall–Kier alpha value is -1.22. The maximum Gasteiger partial charge on any atom is 0.411 e. The highest BCUT2D eigenvalue weighted by Crippen LogP contribution is 2.71. The number of alkyl halides is 4. The molecule has 0 amide bonds. The number of aliphatic hydroxyl groups is 4. The molecule has 8 atom stereocenters. The Morgan fingerprint density at radius 3 is 2.28 bits per heavy atom. The maximum absolute atomic E-state index is 13.5. The molecule has 1 aromatic carbocycles. The van der Waals surface area contributed by atoms with Crippen LogP contribution in [0.1, 0.15) is 43.2 Å². The number of rotatable bonds is 6. The molecule has 0 radical (unpaired) electrons. The fourth-order valence-corrected chi connectivity index (χ4v) is 8.25. The summed E-state index contributed by atoms with van der Waals surface area (Å²) in [5, 5.41) is 40.2. The third kappa shape index (κ3) is 4.29. The van der Waals surface area contributed by atoms with Crippen LogP contribution in [0.5, 0.6) is 5.75 Å². The fraction of sp³-hybridized carbons (Fsp3) is 0.769.